The van der Waals surface area contributed by atoms with Gasteiger partial charge in [-0.3, -0.25) is 4.79 Å². The van der Waals surface area contributed by atoms with Gasteiger partial charge in [0.2, 0.25) is 5.91 Å². The SMILES string of the molecule is CCCC(=O)Nc1sccc1-c1nc2ccccc2s1. The van der Waals surface area contributed by atoms with Crippen molar-refractivity contribution in [2.45, 2.75) is 19.8 Å². The summed E-state index contributed by atoms with van der Waals surface area (Å²) in [6, 6.07) is 10.1. The first-order valence-corrected chi connectivity index (χ1v) is 8.21. The lowest BCUT2D eigenvalue weighted by atomic mass is 10.3. The summed E-state index contributed by atoms with van der Waals surface area (Å²) in [6.07, 6.45) is 1.41. The number of carbonyl (C=O) groups excluding carboxylic acids is 1. The maximum Gasteiger partial charge on any atom is 0.224 e. The molecule has 1 amide bonds. The van der Waals surface area contributed by atoms with E-state index in [-0.39, 0.29) is 5.91 Å². The van der Waals surface area contributed by atoms with Crippen molar-refractivity contribution >= 4 is 43.8 Å². The van der Waals surface area contributed by atoms with Gasteiger partial charge in [-0.05, 0) is 30.0 Å². The summed E-state index contributed by atoms with van der Waals surface area (Å²) in [4.78, 5) is 16.4. The molecule has 102 valence electrons. The molecule has 2 aromatic heterocycles. The van der Waals surface area contributed by atoms with Crippen LogP contribution < -0.4 is 5.32 Å². The molecule has 0 aliphatic heterocycles. The zero-order valence-electron chi connectivity index (χ0n) is 11.1. The summed E-state index contributed by atoms with van der Waals surface area (Å²) in [5, 5.41) is 6.82. The lowest BCUT2D eigenvalue weighted by Crippen LogP contribution is -2.09. The predicted molar refractivity (Wildman–Crippen MR) is 86.5 cm³/mol. The van der Waals surface area contributed by atoms with E-state index >= 15 is 0 Å². The lowest BCUT2D eigenvalue weighted by Gasteiger charge is -2.03. The number of hydrogen-bond donors (Lipinski definition) is 1. The number of carbonyl (C=O) groups is 1. The third-order valence-electron chi connectivity index (χ3n) is 2.92. The molecule has 3 nitrogen and oxygen atoms in total. The molecule has 0 fully saturated rings. The monoisotopic (exact) mass is 302 g/mol. The highest BCUT2D eigenvalue weighted by atomic mass is 32.1. The number of anilines is 1. The van der Waals surface area contributed by atoms with Crippen molar-refractivity contribution in [1.82, 2.24) is 4.98 Å². The van der Waals surface area contributed by atoms with Gasteiger partial charge in [0.25, 0.3) is 0 Å². The summed E-state index contributed by atoms with van der Waals surface area (Å²) in [5.41, 5.74) is 2.02. The van der Waals surface area contributed by atoms with Gasteiger partial charge in [-0.15, -0.1) is 22.7 Å². The van der Waals surface area contributed by atoms with Crippen molar-refractivity contribution in [3.05, 3.63) is 35.7 Å². The van der Waals surface area contributed by atoms with Crippen LogP contribution >= 0.6 is 22.7 Å². The fourth-order valence-electron chi connectivity index (χ4n) is 1.98. The van der Waals surface area contributed by atoms with Gasteiger partial charge in [0.15, 0.2) is 0 Å². The molecule has 0 bridgehead atoms. The molecule has 0 saturated carbocycles. The number of fused-ring (bicyclic) bond motifs is 1. The summed E-state index contributed by atoms with van der Waals surface area (Å²) >= 11 is 3.20. The molecule has 1 N–H and O–H groups in total. The largest absolute Gasteiger partial charge is 0.317 e. The van der Waals surface area contributed by atoms with Crippen LogP contribution in [0.1, 0.15) is 19.8 Å². The van der Waals surface area contributed by atoms with Crippen LogP contribution in [-0.2, 0) is 4.79 Å². The number of hydrogen-bond acceptors (Lipinski definition) is 4. The quantitative estimate of drug-likeness (QED) is 0.754. The normalized spacial score (nSPS) is 10.8. The summed E-state index contributed by atoms with van der Waals surface area (Å²) < 4.78 is 1.17. The van der Waals surface area contributed by atoms with Crippen LogP contribution in [0.4, 0.5) is 5.00 Å². The second-order valence-corrected chi connectivity index (χ2v) is 6.40. The molecule has 0 radical (unpaired) electrons. The van der Waals surface area contributed by atoms with Gasteiger partial charge in [0.05, 0.1) is 10.2 Å². The predicted octanol–water partition coefficient (Wildman–Crippen LogP) is 4.76. The molecule has 0 aliphatic rings. The van der Waals surface area contributed by atoms with Crippen LogP contribution in [0.15, 0.2) is 35.7 Å². The minimum atomic E-state index is 0.0670. The smallest absolute Gasteiger partial charge is 0.224 e. The van der Waals surface area contributed by atoms with Crippen LogP contribution in [0.2, 0.25) is 0 Å². The van der Waals surface area contributed by atoms with E-state index in [1.807, 2.05) is 36.6 Å². The Kier molecular flexibility index (Phi) is 3.80. The molecule has 2 heterocycles. The second kappa shape index (κ2) is 5.73. The number of nitrogens with one attached hydrogen (secondary N) is 1. The van der Waals surface area contributed by atoms with Crippen molar-refractivity contribution in [1.29, 1.82) is 0 Å². The Morgan fingerprint density at radius 3 is 2.95 bits per heavy atom. The van der Waals surface area contributed by atoms with Gasteiger partial charge in [0.1, 0.15) is 10.0 Å². The van der Waals surface area contributed by atoms with Gasteiger partial charge >= 0.3 is 0 Å². The summed E-state index contributed by atoms with van der Waals surface area (Å²) in [6.45, 7) is 2.00. The van der Waals surface area contributed by atoms with Gasteiger partial charge < -0.3 is 5.32 Å². The highest BCUT2D eigenvalue weighted by Gasteiger charge is 2.13. The Labute approximate surface area is 125 Å². The topological polar surface area (TPSA) is 42.0 Å². The molecule has 3 rings (SSSR count). The average molecular weight is 302 g/mol. The minimum absolute atomic E-state index is 0.0670. The molecule has 3 aromatic rings. The standard InChI is InChI=1S/C15H14N2OS2/c1-2-5-13(18)17-14-10(8-9-19-14)15-16-11-6-3-4-7-12(11)20-15/h3-4,6-9H,2,5H2,1H3,(H,17,18). The zero-order valence-corrected chi connectivity index (χ0v) is 12.7. The van der Waals surface area contributed by atoms with E-state index in [0.717, 1.165) is 27.5 Å². The zero-order chi connectivity index (χ0) is 13.9. The van der Waals surface area contributed by atoms with Crippen LogP contribution in [0.25, 0.3) is 20.8 Å². The second-order valence-electron chi connectivity index (χ2n) is 4.45. The molecule has 0 atom stereocenters. The highest BCUT2D eigenvalue weighted by Crippen LogP contribution is 2.37. The van der Waals surface area contributed by atoms with Gasteiger partial charge in [-0.1, -0.05) is 19.1 Å². The third kappa shape index (κ3) is 2.59. The molecule has 0 spiro atoms. The fraction of sp³-hybridized carbons (Fsp3) is 0.200. The van der Waals surface area contributed by atoms with Gasteiger partial charge in [0, 0.05) is 12.0 Å². The van der Waals surface area contributed by atoms with Crippen LogP contribution in [0.3, 0.4) is 0 Å². The third-order valence-corrected chi connectivity index (χ3v) is 4.82. The molecule has 0 aliphatic carbocycles. The molecular weight excluding hydrogens is 288 g/mol. The molecular formula is C15H14N2OS2. The summed E-state index contributed by atoms with van der Waals surface area (Å²) in [7, 11) is 0. The van der Waals surface area contributed by atoms with E-state index in [1.54, 1.807) is 22.7 Å². The molecule has 5 heteroatoms. The maximum absolute atomic E-state index is 11.7. The first kappa shape index (κ1) is 13.3. The van der Waals surface area contributed by atoms with E-state index in [2.05, 4.69) is 16.4 Å². The number of rotatable bonds is 4. The Morgan fingerprint density at radius 1 is 1.30 bits per heavy atom. The number of aromatic nitrogens is 1. The number of thiophene rings is 1. The van der Waals surface area contributed by atoms with Crippen LogP contribution in [-0.4, -0.2) is 10.9 Å². The van der Waals surface area contributed by atoms with Gasteiger partial charge in [-0.25, -0.2) is 4.98 Å². The molecule has 0 unspecified atom stereocenters. The molecule has 20 heavy (non-hydrogen) atoms. The number of para-hydroxylation sites is 1. The van der Waals surface area contributed by atoms with Crippen LogP contribution in [0.5, 0.6) is 0 Å². The maximum atomic E-state index is 11.7. The highest BCUT2D eigenvalue weighted by molar-refractivity contribution is 7.22. The van der Waals surface area contributed by atoms with E-state index in [0.29, 0.717) is 6.42 Å². The summed E-state index contributed by atoms with van der Waals surface area (Å²) in [5.74, 6) is 0.0670. The first-order valence-electron chi connectivity index (χ1n) is 6.51. The number of thiazole rings is 1. The van der Waals surface area contributed by atoms with Gasteiger partial charge in [-0.2, -0.15) is 0 Å². The van der Waals surface area contributed by atoms with Crippen molar-refractivity contribution in [2.75, 3.05) is 5.32 Å². The molecule has 0 saturated heterocycles. The van der Waals surface area contributed by atoms with E-state index in [1.165, 1.54) is 4.70 Å². The van der Waals surface area contributed by atoms with Crippen molar-refractivity contribution < 1.29 is 4.79 Å². The Balaban J connectivity index is 1.94. The van der Waals surface area contributed by atoms with E-state index in [9.17, 15) is 4.79 Å². The Morgan fingerprint density at radius 2 is 2.15 bits per heavy atom. The molecule has 1 aromatic carbocycles. The number of benzene rings is 1. The van der Waals surface area contributed by atoms with Crippen molar-refractivity contribution in [2.24, 2.45) is 0 Å². The first-order chi connectivity index (χ1) is 9.78. The van der Waals surface area contributed by atoms with Crippen LogP contribution in [0, 0.1) is 0 Å². The van der Waals surface area contributed by atoms with E-state index in [4.69, 9.17) is 0 Å². The Hall–Kier alpha value is -1.72. The average Bonchev–Trinajstić information content (AvgIpc) is 3.04. The van der Waals surface area contributed by atoms with Crippen molar-refractivity contribution in [3.63, 3.8) is 0 Å². The fourth-order valence-corrected chi connectivity index (χ4v) is 3.84. The Bertz CT molecular complexity index is 712. The lowest BCUT2D eigenvalue weighted by molar-refractivity contribution is -0.116. The minimum Gasteiger partial charge on any atom is -0.317 e. The number of nitrogens with zero attached hydrogens (tertiary/aromatic N) is 1. The van der Waals surface area contributed by atoms with E-state index < -0.39 is 0 Å². The van der Waals surface area contributed by atoms with Crippen molar-refractivity contribution in [3.8, 4) is 10.6 Å². The number of amides is 1.